The highest BCUT2D eigenvalue weighted by atomic mass is 35.5. The van der Waals surface area contributed by atoms with E-state index in [1.54, 1.807) is 12.4 Å². The van der Waals surface area contributed by atoms with Gasteiger partial charge in [-0.05, 0) is 48.2 Å². The smallest absolute Gasteiger partial charge is 0.230 e. The van der Waals surface area contributed by atoms with Crippen molar-refractivity contribution in [3.8, 4) is 17.1 Å². The Kier molecular flexibility index (Phi) is 7.42. The summed E-state index contributed by atoms with van der Waals surface area (Å²) < 4.78 is 1.95. The summed E-state index contributed by atoms with van der Waals surface area (Å²) in [4.78, 5) is 16.7. The summed E-state index contributed by atoms with van der Waals surface area (Å²) in [5.41, 5.74) is 3.87. The van der Waals surface area contributed by atoms with E-state index in [0.717, 1.165) is 16.8 Å². The largest absolute Gasteiger partial charge is 0.355 e. The summed E-state index contributed by atoms with van der Waals surface area (Å²) in [5, 5.41) is 13.1. The van der Waals surface area contributed by atoms with Crippen molar-refractivity contribution in [3.05, 3.63) is 89.2 Å². The van der Waals surface area contributed by atoms with Crippen molar-refractivity contribution in [2.45, 2.75) is 24.9 Å². The van der Waals surface area contributed by atoms with Crippen LogP contribution in [0.25, 0.3) is 17.1 Å². The minimum absolute atomic E-state index is 0.0504. The van der Waals surface area contributed by atoms with Gasteiger partial charge in [-0.3, -0.25) is 14.3 Å². The van der Waals surface area contributed by atoms with E-state index in [0.29, 0.717) is 22.5 Å². The minimum atomic E-state index is -0.0504. The van der Waals surface area contributed by atoms with E-state index in [9.17, 15) is 4.79 Å². The fraction of sp³-hybridized carbons (Fsp3) is 0.200. The lowest BCUT2D eigenvalue weighted by Crippen LogP contribution is -2.29. The summed E-state index contributed by atoms with van der Waals surface area (Å²) >= 11 is 7.74. The van der Waals surface area contributed by atoms with Gasteiger partial charge in [-0.25, -0.2) is 0 Å². The molecule has 33 heavy (non-hydrogen) atoms. The Labute approximate surface area is 202 Å². The molecule has 2 heterocycles. The third kappa shape index (κ3) is 5.43. The van der Waals surface area contributed by atoms with Crippen molar-refractivity contribution in [3.63, 3.8) is 0 Å². The monoisotopic (exact) mass is 477 g/mol. The van der Waals surface area contributed by atoms with Gasteiger partial charge >= 0.3 is 0 Å². The highest BCUT2D eigenvalue weighted by Gasteiger charge is 2.19. The average Bonchev–Trinajstić information content (AvgIpc) is 3.27. The maximum absolute atomic E-state index is 12.6. The molecule has 0 saturated heterocycles. The fourth-order valence-corrected chi connectivity index (χ4v) is 4.40. The number of pyridine rings is 1. The predicted octanol–water partition coefficient (Wildman–Crippen LogP) is 5.30. The maximum Gasteiger partial charge on any atom is 0.230 e. The highest BCUT2D eigenvalue weighted by Crippen LogP contribution is 2.31. The first-order valence-corrected chi connectivity index (χ1v) is 12.0. The number of benzene rings is 2. The zero-order valence-electron chi connectivity index (χ0n) is 18.4. The Morgan fingerprint density at radius 2 is 1.82 bits per heavy atom. The number of nitrogens with one attached hydrogen (secondary N) is 1. The first-order valence-electron chi connectivity index (χ1n) is 10.6. The summed E-state index contributed by atoms with van der Waals surface area (Å²) in [6, 6.07) is 19.6. The molecule has 0 aliphatic rings. The number of carbonyl (C=O) groups is 1. The van der Waals surface area contributed by atoms with Gasteiger partial charge in [0.25, 0.3) is 0 Å². The van der Waals surface area contributed by atoms with Crippen molar-refractivity contribution < 1.29 is 4.79 Å². The van der Waals surface area contributed by atoms with Crippen LogP contribution in [0.2, 0.25) is 5.02 Å². The number of carbonyl (C=O) groups excluding carboxylic acids is 1. The van der Waals surface area contributed by atoms with Crippen molar-refractivity contribution in [1.82, 2.24) is 25.1 Å². The Hall–Kier alpha value is -3.16. The van der Waals surface area contributed by atoms with Gasteiger partial charge in [0, 0.05) is 29.5 Å². The zero-order chi connectivity index (χ0) is 23.2. The van der Waals surface area contributed by atoms with Crippen LogP contribution < -0.4 is 5.32 Å². The number of aromatic nitrogens is 4. The molecule has 1 amide bonds. The predicted molar refractivity (Wildman–Crippen MR) is 133 cm³/mol. The molecule has 6 nitrogen and oxygen atoms in total. The lowest BCUT2D eigenvalue weighted by atomic mass is 10.0. The Morgan fingerprint density at radius 3 is 2.58 bits per heavy atom. The number of amides is 1. The van der Waals surface area contributed by atoms with Crippen molar-refractivity contribution >= 4 is 29.3 Å². The number of thioether (sulfide) groups is 1. The van der Waals surface area contributed by atoms with Crippen LogP contribution in [-0.2, 0) is 4.79 Å². The molecule has 0 saturated carbocycles. The normalized spacial score (nSPS) is 11.8. The standard InChI is InChI=1S/C25H24ClN5OS/c1-17(19-7-4-3-5-8-19)15-28-23(32)16-33-25-30-29-24(20-11-13-27-14-12-20)31(25)22-10-6-9-21(26)18(22)2/h3-14,17H,15-16H2,1-2H3,(H,28,32). The molecule has 0 aliphatic heterocycles. The van der Waals surface area contributed by atoms with Crippen molar-refractivity contribution in [2.24, 2.45) is 0 Å². The molecule has 0 radical (unpaired) electrons. The number of nitrogens with zero attached hydrogens (tertiary/aromatic N) is 4. The lowest BCUT2D eigenvalue weighted by Gasteiger charge is -2.14. The number of halogens is 1. The molecule has 1 atom stereocenters. The summed E-state index contributed by atoms with van der Waals surface area (Å²) in [6.07, 6.45) is 3.43. The van der Waals surface area contributed by atoms with Crippen LogP contribution in [-0.4, -0.2) is 38.0 Å². The SMILES string of the molecule is Cc1c(Cl)cccc1-n1c(SCC(=O)NCC(C)c2ccccc2)nnc1-c1ccncc1. The van der Waals surface area contributed by atoms with Gasteiger partial charge in [0.05, 0.1) is 11.4 Å². The van der Waals surface area contributed by atoms with Crippen molar-refractivity contribution in [2.75, 3.05) is 12.3 Å². The maximum atomic E-state index is 12.6. The number of hydrogen-bond acceptors (Lipinski definition) is 5. The van der Waals surface area contributed by atoms with Gasteiger partial charge in [0.1, 0.15) is 0 Å². The Balaban J connectivity index is 1.52. The van der Waals surface area contributed by atoms with Gasteiger partial charge in [-0.1, -0.05) is 66.7 Å². The molecule has 2 aromatic carbocycles. The highest BCUT2D eigenvalue weighted by molar-refractivity contribution is 7.99. The van der Waals surface area contributed by atoms with E-state index in [4.69, 9.17) is 11.6 Å². The third-order valence-corrected chi connectivity index (χ3v) is 6.70. The molecule has 2 aromatic heterocycles. The van der Waals surface area contributed by atoms with Gasteiger partial charge in [-0.2, -0.15) is 0 Å². The second-order valence-electron chi connectivity index (χ2n) is 7.67. The first-order chi connectivity index (χ1) is 16.0. The van der Waals surface area contributed by atoms with Gasteiger partial charge in [0.2, 0.25) is 5.91 Å². The van der Waals surface area contributed by atoms with E-state index >= 15 is 0 Å². The van der Waals surface area contributed by atoms with Crippen LogP contribution in [0.5, 0.6) is 0 Å². The fourth-order valence-electron chi connectivity index (χ4n) is 3.45. The molecule has 0 bridgehead atoms. The van der Waals surface area contributed by atoms with E-state index in [1.807, 2.05) is 60.0 Å². The van der Waals surface area contributed by atoms with Crippen LogP contribution >= 0.6 is 23.4 Å². The molecule has 0 fully saturated rings. The lowest BCUT2D eigenvalue weighted by molar-refractivity contribution is -0.118. The number of hydrogen-bond donors (Lipinski definition) is 1. The second-order valence-corrected chi connectivity index (χ2v) is 9.02. The molecule has 4 aromatic rings. The summed E-state index contributed by atoms with van der Waals surface area (Å²) in [5.74, 6) is 1.08. The summed E-state index contributed by atoms with van der Waals surface area (Å²) in [7, 11) is 0. The topological polar surface area (TPSA) is 72.7 Å². The first kappa shape index (κ1) is 23.0. The second kappa shape index (κ2) is 10.6. The minimum Gasteiger partial charge on any atom is -0.355 e. The zero-order valence-corrected chi connectivity index (χ0v) is 20.0. The molecule has 8 heteroatoms. The van der Waals surface area contributed by atoms with Crippen LogP contribution in [0.1, 0.15) is 24.0 Å². The van der Waals surface area contributed by atoms with Gasteiger partial charge in [-0.15, -0.1) is 10.2 Å². The molecule has 0 spiro atoms. The molecule has 168 valence electrons. The average molecular weight is 478 g/mol. The quantitative estimate of drug-likeness (QED) is 0.348. The Bertz CT molecular complexity index is 1230. The molecule has 1 unspecified atom stereocenters. The van der Waals surface area contributed by atoms with Crippen LogP contribution in [0, 0.1) is 6.92 Å². The van der Waals surface area contributed by atoms with Crippen LogP contribution in [0.15, 0.2) is 78.2 Å². The van der Waals surface area contributed by atoms with E-state index in [1.165, 1.54) is 17.3 Å². The van der Waals surface area contributed by atoms with Crippen LogP contribution in [0.3, 0.4) is 0 Å². The van der Waals surface area contributed by atoms with E-state index in [-0.39, 0.29) is 17.6 Å². The van der Waals surface area contributed by atoms with Gasteiger partial charge < -0.3 is 5.32 Å². The third-order valence-electron chi connectivity index (χ3n) is 5.36. The number of rotatable bonds is 8. The van der Waals surface area contributed by atoms with Gasteiger partial charge in [0.15, 0.2) is 11.0 Å². The van der Waals surface area contributed by atoms with Crippen LogP contribution in [0.4, 0.5) is 0 Å². The molecular weight excluding hydrogens is 454 g/mol. The van der Waals surface area contributed by atoms with E-state index in [2.05, 4.69) is 39.6 Å². The molecule has 1 N–H and O–H groups in total. The summed E-state index contributed by atoms with van der Waals surface area (Å²) in [6.45, 7) is 4.63. The molecule has 4 rings (SSSR count). The molecule has 0 aliphatic carbocycles. The van der Waals surface area contributed by atoms with E-state index < -0.39 is 0 Å². The Morgan fingerprint density at radius 1 is 1.06 bits per heavy atom. The molecular formula is C25H24ClN5OS. The van der Waals surface area contributed by atoms with Crippen molar-refractivity contribution in [1.29, 1.82) is 0 Å².